The Morgan fingerprint density at radius 2 is 1.88 bits per heavy atom. The van der Waals surface area contributed by atoms with E-state index in [2.05, 4.69) is 37.2 Å². The lowest BCUT2D eigenvalue weighted by Crippen LogP contribution is -2.49. The first kappa shape index (κ1) is 14.2. The van der Waals surface area contributed by atoms with Gasteiger partial charge in [0.1, 0.15) is 5.54 Å². The fraction of sp³-hybridized carbons (Fsp3) is 0.273. The SMILES string of the molecule is CC(C)(NC(=O)c1ccc(Br)cc1Br)C(=O)O. The molecular formula is C11H11Br2NO3. The highest BCUT2D eigenvalue weighted by atomic mass is 79.9. The fourth-order valence-corrected chi connectivity index (χ4v) is 2.31. The molecule has 2 N–H and O–H groups in total. The van der Waals surface area contributed by atoms with Crippen molar-refractivity contribution in [1.29, 1.82) is 0 Å². The monoisotopic (exact) mass is 363 g/mol. The molecule has 0 saturated carbocycles. The first-order valence-electron chi connectivity index (χ1n) is 4.75. The van der Waals surface area contributed by atoms with Crippen molar-refractivity contribution in [2.75, 3.05) is 0 Å². The Labute approximate surface area is 116 Å². The van der Waals surface area contributed by atoms with Crippen molar-refractivity contribution in [3.05, 3.63) is 32.7 Å². The summed E-state index contributed by atoms with van der Waals surface area (Å²) in [6.07, 6.45) is 0. The summed E-state index contributed by atoms with van der Waals surface area (Å²) in [6, 6.07) is 5.05. The molecule has 0 atom stereocenters. The third kappa shape index (κ3) is 3.54. The molecular weight excluding hydrogens is 354 g/mol. The van der Waals surface area contributed by atoms with E-state index >= 15 is 0 Å². The van der Waals surface area contributed by atoms with Gasteiger partial charge in [-0.1, -0.05) is 15.9 Å². The van der Waals surface area contributed by atoms with Gasteiger partial charge in [-0.05, 0) is 48.0 Å². The van der Waals surface area contributed by atoms with Gasteiger partial charge in [0.05, 0.1) is 5.56 Å². The predicted octanol–water partition coefficient (Wildman–Crippen LogP) is 2.80. The number of rotatable bonds is 3. The van der Waals surface area contributed by atoms with Crippen LogP contribution in [0.25, 0.3) is 0 Å². The molecule has 0 radical (unpaired) electrons. The third-order valence-electron chi connectivity index (χ3n) is 2.14. The number of carboxylic acid groups (broad SMARTS) is 1. The lowest BCUT2D eigenvalue weighted by molar-refractivity contribution is -0.143. The Bertz CT molecular complexity index is 472. The Kier molecular flexibility index (Phi) is 4.32. The molecule has 0 aliphatic rings. The van der Waals surface area contributed by atoms with Crippen molar-refractivity contribution in [3.8, 4) is 0 Å². The average Bonchev–Trinajstić information content (AvgIpc) is 2.15. The van der Waals surface area contributed by atoms with E-state index in [1.54, 1.807) is 18.2 Å². The molecule has 92 valence electrons. The number of carbonyl (C=O) groups excluding carboxylic acids is 1. The molecule has 1 rings (SSSR count). The third-order valence-corrected chi connectivity index (χ3v) is 3.29. The number of carbonyl (C=O) groups is 2. The topological polar surface area (TPSA) is 66.4 Å². The molecule has 0 saturated heterocycles. The summed E-state index contributed by atoms with van der Waals surface area (Å²) in [5.41, 5.74) is -0.911. The molecule has 17 heavy (non-hydrogen) atoms. The summed E-state index contributed by atoms with van der Waals surface area (Å²) < 4.78 is 1.43. The van der Waals surface area contributed by atoms with Crippen molar-refractivity contribution in [2.45, 2.75) is 19.4 Å². The maximum atomic E-state index is 11.9. The van der Waals surface area contributed by atoms with Crippen molar-refractivity contribution >= 4 is 43.7 Å². The van der Waals surface area contributed by atoms with Crippen LogP contribution in [0.1, 0.15) is 24.2 Å². The van der Waals surface area contributed by atoms with Gasteiger partial charge in [0, 0.05) is 8.95 Å². The standard InChI is InChI=1S/C11H11Br2NO3/c1-11(2,10(16)17)14-9(15)7-4-3-6(12)5-8(7)13/h3-5H,1-2H3,(H,14,15)(H,16,17). The first-order chi connectivity index (χ1) is 7.74. The summed E-state index contributed by atoms with van der Waals surface area (Å²) in [5, 5.41) is 11.4. The van der Waals surface area contributed by atoms with Gasteiger partial charge in [0.25, 0.3) is 5.91 Å². The van der Waals surface area contributed by atoms with Crippen LogP contribution < -0.4 is 5.32 Å². The van der Waals surface area contributed by atoms with E-state index in [0.717, 1.165) is 4.47 Å². The second-order valence-electron chi connectivity index (χ2n) is 4.01. The molecule has 0 bridgehead atoms. The average molecular weight is 365 g/mol. The van der Waals surface area contributed by atoms with Gasteiger partial charge < -0.3 is 10.4 Å². The lowest BCUT2D eigenvalue weighted by Gasteiger charge is -2.21. The van der Waals surface area contributed by atoms with Crippen LogP contribution in [0.5, 0.6) is 0 Å². The predicted molar refractivity (Wildman–Crippen MR) is 71.0 cm³/mol. The minimum Gasteiger partial charge on any atom is -0.480 e. The van der Waals surface area contributed by atoms with Gasteiger partial charge in [-0.15, -0.1) is 0 Å². The Hall–Kier alpha value is -0.880. The Morgan fingerprint density at radius 3 is 2.35 bits per heavy atom. The zero-order valence-corrected chi connectivity index (χ0v) is 12.4. The van der Waals surface area contributed by atoms with Gasteiger partial charge in [-0.3, -0.25) is 4.79 Å². The zero-order valence-electron chi connectivity index (χ0n) is 9.25. The first-order valence-corrected chi connectivity index (χ1v) is 6.33. The number of hydrogen-bond donors (Lipinski definition) is 2. The number of hydrogen-bond acceptors (Lipinski definition) is 2. The molecule has 0 aromatic heterocycles. The molecule has 0 unspecified atom stereocenters. The second kappa shape index (κ2) is 5.18. The van der Waals surface area contributed by atoms with Gasteiger partial charge in [0.2, 0.25) is 0 Å². The highest BCUT2D eigenvalue weighted by Crippen LogP contribution is 2.22. The normalized spacial score (nSPS) is 11.1. The highest BCUT2D eigenvalue weighted by molar-refractivity contribution is 9.11. The minimum atomic E-state index is -1.30. The van der Waals surface area contributed by atoms with E-state index in [1.165, 1.54) is 13.8 Å². The highest BCUT2D eigenvalue weighted by Gasteiger charge is 2.29. The van der Waals surface area contributed by atoms with Crippen LogP contribution in [0, 0.1) is 0 Å². The van der Waals surface area contributed by atoms with Crippen LogP contribution in [0.3, 0.4) is 0 Å². The van der Waals surface area contributed by atoms with E-state index in [4.69, 9.17) is 5.11 Å². The van der Waals surface area contributed by atoms with Crippen molar-refractivity contribution in [2.24, 2.45) is 0 Å². The van der Waals surface area contributed by atoms with Crippen molar-refractivity contribution in [3.63, 3.8) is 0 Å². The number of halogens is 2. The second-order valence-corrected chi connectivity index (χ2v) is 5.78. The summed E-state index contributed by atoms with van der Waals surface area (Å²) in [5.74, 6) is -1.52. The molecule has 4 nitrogen and oxygen atoms in total. The minimum absolute atomic E-state index is 0.391. The largest absolute Gasteiger partial charge is 0.480 e. The number of nitrogens with one attached hydrogen (secondary N) is 1. The summed E-state index contributed by atoms with van der Waals surface area (Å²) in [7, 11) is 0. The maximum Gasteiger partial charge on any atom is 0.328 e. The number of amides is 1. The number of carboxylic acids is 1. The molecule has 0 fully saturated rings. The molecule has 0 aliphatic heterocycles. The molecule has 0 aliphatic carbocycles. The van der Waals surface area contributed by atoms with E-state index in [1.807, 2.05) is 0 Å². The van der Waals surface area contributed by atoms with Crippen molar-refractivity contribution in [1.82, 2.24) is 5.32 Å². The molecule has 1 aromatic carbocycles. The lowest BCUT2D eigenvalue weighted by atomic mass is 10.1. The number of benzene rings is 1. The summed E-state index contributed by atoms with van der Waals surface area (Å²) >= 11 is 6.53. The molecule has 1 aromatic rings. The summed E-state index contributed by atoms with van der Waals surface area (Å²) in [4.78, 5) is 22.8. The van der Waals surface area contributed by atoms with E-state index in [-0.39, 0.29) is 0 Å². The molecule has 0 heterocycles. The smallest absolute Gasteiger partial charge is 0.328 e. The van der Waals surface area contributed by atoms with Gasteiger partial charge in [-0.25, -0.2) is 4.79 Å². The maximum absolute atomic E-state index is 11.9. The Balaban J connectivity index is 2.95. The van der Waals surface area contributed by atoms with Crippen LogP contribution in [-0.4, -0.2) is 22.5 Å². The van der Waals surface area contributed by atoms with E-state index in [0.29, 0.717) is 10.0 Å². The van der Waals surface area contributed by atoms with Crippen molar-refractivity contribution < 1.29 is 14.7 Å². The quantitative estimate of drug-likeness (QED) is 0.866. The van der Waals surface area contributed by atoms with Crippen LogP contribution in [0.4, 0.5) is 0 Å². The van der Waals surface area contributed by atoms with Crippen LogP contribution >= 0.6 is 31.9 Å². The molecule has 6 heteroatoms. The molecule has 0 spiro atoms. The van der Waals surface area contributed by atoms with Crippen LogP contribution in [0.2, 0.25) is 0 Å². The van der Waals surface area contributed by atoms with Crippen LogP contribution in [0.15, 0.2) is 27.1 Å². The van der Waals surface area contributed by atoms with Gasteiger partial charge >= 0.3 is 5.97 Å². The Morgan fingerprint density at radius 1 is 1.29 bits per heavy atom. The number of aliphatic carboxylic acids is 1. The molecule has 1 amide bonds. The van der Waals surface area contributed by atoms with Gasteiger partial charge in [-0.2, -0.15) is 0 Å². The fourth-order valence-electron chi connectivity index (χ4n) is 1.08. The van der Waals surface area contributed by atoms with E-state index in [9.17, 15) is 9.59 Å². The zero-order chi connectivity index (χ0) is 13.2. The van der Waals surface area contributed by atoms with Crippen LogP contribution in [-0.2, 0) is 4.79 Å². The van der Waals surface area contributed by atoms with Gasteiger partial charge in [0.15, 0.2) is 0 Å². The van der Waals surface area contributed by atoms with E-state index < -0.39 is 17.4 Å². The summed E-state index contributed by atoms with van der Waals surface area (Å²) in [6.45, 7) is 2.86.